The maximum absolute atomic E-state index is 13.7. The van der Waals surface area contributed by atoms with Gasteiger partial charge in [0, 0.05) is 12.6 Å². The van der Waals surface area contributed by atoms with Crippen molar-refractivity contribution in [2.24, 2.45) is 5.92 Å². The number of hydrogen-bond acceptors (Lipinski definition) is 3. The van der Waals surface area contributed by atoms with Crippen LogP contribution in [0.5, 0.6) is 0 Å². The molecule has 1 saturated heterocycles. The highest BCUT2D eigenvalue weighted by atomic mass is 19.4. The van der Waals surface area contributed by atoms with E-state index in [2.05, 4.69) is 9.88 Å². The summed E-state index contributed by atoms with van der Waals surface area (Å²) in [6, 6.07) is 7.75. The Morgan fingerprint density at radius 1 is 1.10 bits per heavy atom. The van der Waals surface area contributed by atoms with Crippen molar-refractivity contribution in [3.8, 4) is 0 Å². The van der Waals surface area contributed by atoms with Crippen LogP contribution in [-0.4, -0.2) is 40.2 Å². The SMILES string of the molecule is Fc1cnc(CN2CCC(Cc3ccccc3F)CC2)c(F)c1.O=C(O)C(F)(F)F. The molecule has 1 aliphatic rings. The number of piperidine rings is 1. The molecule has 0 amide bonds. The molecular formula is C20H20F6N2O2. The van der Waals surface area contributed by atoms with Crippen LogP contribution in [0.4, 0.5) is 26.3 Å². The largest absolute Gasteiger partial charge is 0.490 e. The third kappa shape index (κ3) is 7.33. The van der Waals surface area contributed by atoms with Crippen molar-refractivity contribution in [3.05, 3.63) is 65.2 Å². The van der Waals surface area contributed by atoms with Gasteiger partial charge >= 0.3 is 12.1 Å². The molecule has 3 rings (SSSR count). The molecule has 0 aliphatic carbocycles. The van der Waals surface area contributed by atoms with Crippen LogP contribution in [0.1, 0.15) is 24.1 Å². The Morgan fingerprint density at radius 2 is 1.70 bits per heavy atom. The van der Waals surface area contributed by atoms with Gasteiger partial charge in [-0.25, -0.2) is 18.0 Å². The normalized spacial score (nSPS) is 15.4. The minimum Gasteiger partial charge on any atom is -0.475 e. The number of carboxylic acid groups (broad SMARTS) is 1. The Labute approximate surface area is 169 Å². The van der Waals surface area contributed by atoms with Crippen molar-refractivity contribution in [1.82, 2.24) is 9.88 Å². The highest BCUT2D eigenvalue weighted by Crippen LogP contribution is 2.24. The molecule has 0 unspecified atom stereocenters. The van der Waals surface area contributed by atoms with Gasteiger partial charge in [-0.3, -0.25) is 9.88 Å². The maximum atomic E-state index is 13.7. The molecule has 1 N–H and O–H groups in total. The predicted molar refractivity (Wildman–Crippen MR) is 95.9 cm³/mol. The number of pyridine rings is 1. The van der Waals surface area contributed by atoms with Crippen LogP contribution >= 0.6 is 0 Å². The van der Waals surface area contributed by atoms with E-state index in [4.69, 9.17) is 9.90 Å². The van der Waals surface area contributed by atoms with Crippen molar-refractivity contribution in [2.75, 3.05) is 13.1 Å². The molecule has 0 bridgehead atoms. The van der Waals surface area contributed by atoms with Gasteiger partial charge < -0.3 is 5.11 Å². The molecule has 30 heavy (non-hydrogen) atoms. The summed E-state index contributed by atoms with van der Waals surface area (Å²) in [4.78, 5) is 14.8. The van der Waals surface area contributed by atoms with Crippen molar-refractivity contribution >= 4 is 5.97 Å². The van der Waals surface area contributed by atoms with Gasteiger partial charge in [-0.1, -0.05) is 18.2 Å². The van der Waals surface area contributed by atoms with E-state index in [0.29, 0.717) is 12.5 Å². The molecule has 0 atom stereocenters. The number of halogens is 6. The maximum Gasteiger partial charge on any atom is 0.490 e. The van der Waals surface area contributed by atoms with E-state index in [9.17, 15) is 26.3 Å². The van der Waals surface area contributed by atoms with Gasteiger partial charge in [0.2, 0.25) is 0 Å². The van der Waals surface area contributed by atoms with Crippen molar-refractivity contribution in [3.63, 3.8) is 0 Å². The Hall–Kier alpha value is -2.62. The highest BCUT2D eigenvalue weighted by molar-refractivity contribution is 5.73. The van der Waals surface area contributed by atoms with Gasteiger partial charge in [0.05, 0.1) is 11.9 Å². The number of aliphatic carboxylic acids is 1. The number of alkyl halides is 3. The van der Waals surface area contributed by atoms with Crippen molar-refractivity contribution in [2.45, 2.75) is 32.0 Å². The molecule has 1 fully saturated rings. The van der Waals surface area contributed by atoms with E-state index < -0.39 is 23.8 Å². The first-order chi connectivity index (χ1) is 14.1. The van der Waals surface area contributed by atoms with Crippen LogP contribution < -0.4 is 0 Å². The van der Waals surface area contributed by atoms with Crippen molar-refractivity contribution in [1.29, 1.82) is 0 Å². The van der Waals surface area contributed by atoms with Crippen LogP contribution in [0.25, 0.3) is 0 Å². The van der Waals surface area contributed by atoms with Crippen molar-refractivity contribution < 1.29 is 36.2 Å². The number of rotatable bonds is 4. The third-order valence-corrected chi connectivity index (χ3v) is 4.67. The molecule has 1 aromatic heterocycles. The predicted octanol–water partition coefficient (Wildman–Crippen LogP) is 4.59. The van der Waals surface area contributed by atoms with Gasteiger partial charge in [0.25, 0.3) is 0 Å². The Bertz CT molecular complexity index is 851. The molecular weight excluding hydrogens is 414 g/mol. The summed E-state index contributed by atoms with van der Waals surface area (Å²) in [5, 5.41) is 7.12. The lowest BCUT2D eigenvalue weighted by atomic mass is 9.90. The van der Waals surface area contributed by atoms with Crippen LogP contribution in [0.15, 0.2) is 36.5 Å². The number of aromatic nitrogens is 1. The van der Waals surface area contributed by atoms with Gasteiger partial charge in [0.15, 0.2) is 0 Å². The smallest absolute Gasteiger partial charge is 0.475 e. The van der Waals surface area contributed by atoms with Gasteiger partial charge in [-0.15, -0.1) is 0 Å². The summed E-state index contributed by atoms with van der Waals surface area (Å²) < 4.78 is 71.9. The summed E-state index contributed by atoms with van der Waals surface area (Å²) in [5.41, 5.74) is 1.04. The molecule has 0 saturated carbocycles. The number of carboxylic acids is 1. The van der Waals surface area contributed by atoms with Gasteiger partial charge in [-0.05, 0) is 49.9 Å². The van der Waals surface area contributed by atoms with Crippen LogP contribution in [0, 0.1) is 23.4 Å². The number of benzene rings is 1. The van der Waals surface area contributed by atoms with Crippen LogP contribution in [-0.2, 0) is 17.8 Å². The molecule has 10 heteroatoms. The molecule has 0 radical (unpaired) electrons. The zero-order chi connectivity index (χ0) is 22.3. The topological polar surface area (TPSA) is 53.4 Å². The molecule has 1 aliphatic heterocycles. The fourth-order valence-electron chi connectivity index (χ4n) is 3.09. The summed E-state index contributed by atoms with van der Waals surface area (Å²) >= 11 is 0. The first-order valence-electron chi connectivity index (χ1n) is 9.12. The minimum atomic E-state index is -5.08. The monoisotopic (exact) mass is 434 g/mol. The first-order valence-corrected chi connectivity index (χ1v) is 9.12. The zero-order valence-electron chi connectivity index (χ0n) is 15.8. The standard InChI is InChI=1S/C18H19F3N2.C2HF3O2/c19-15-10-17(21)18(22-11-15)12-23-7-5-13(6-8-23)9-14-3-1-2-4-16(14)20;3-2(4,5)1(6)7/h1-4,10-11,13H,5-9,12H2;(H,6,7). The Kier molecular flexibility index (Phi) is 8.22. The molecule has 2 heterocycles. The second-order valence-electron chi connectivity index (χ2n) is 6.90. The number of likely N-dealkylation sites (tertiary alicyclic amines) is 1. The molecule has 1 aromatic carbocycles. The summed E-state index contributed by atoms with van der Waals surface area (Å²) in [7, 11) is 0. The van der Waals surface area contributed by atoms with E-state index in [1.807, 2.05) is 12.1 Å². The lowest BCUT2D eigenvalue weighted by Crippen LogP contribution is -2.34. The average Bonchev–Trinajstić information content (AvgIpc) is 2.67. The fraction of sp³-hybridized carbons (Fsp3) is 0.400. The summed E-state index contributed by atoms with van der Waals surface area (Å²) in [6.45, 7) is 2.02. The quantitative estimate of drug-likeness (QED) is 0.716. The molecule has 0 spiro atoms. The number of carbonyl (C=O) groups is 1. The lowest BCUT2D eigenvalue weighted by molar-refractivity contribution is -0.192. The second kappa shape index (κ2) is 10.4. The van der Waals surface area contributed by atoms with Crippen LogP contribution in [0.3, 0.4) is 0 Å². The van der Waals surface area contributed by atoms with E-state index >= 15 is 0 Å². The second-order valence-corrected chi connectivity index (χ2v) is 6.90. The minimum absolute atomic E-state index is 0.146. The lowest BCUT2D eigenvalue weighted by Gasteiger charge is -2.31. The van der Waals surface area contributed by atoms with Crippen LogP contribution in [0.2, 0.25) is 0 Å². The summed E-state index contributed by atoms with van der Waals surface area (Å²) in [6.07, 6.45) is -1.42. The molecule has 2 aromatic rings. The van der Waals surface area contributed by atoms with E-state index in [0.717, 1.165) is 50.2 Å². The molecule has 164 valence electrons. The first kappa shape index (κ1) is 23.7. The Balaban J connectivity index is 0.000000396. The summed E-state index contributed by atoms with van der Waals surface area (Å²) in [5.74, 6) is -3.72. The van der Waals surface area contributed by atoms with Gasteiger partial charge in [-0.2, -0.15) is 13.2 Å². The zero-order valence-corrected chi connectivity index (χ0v) is 15.8. The van der Waals surface area contributed by atoms with Gasteiger partial charge in [0.1, 0.15) is 17.5 Å². The van der Waals surface area contributed by atoms with E-state index in [1.54, 1.807) is 6.07 Å². The van der Waals surface area contributed by atoms with E-state index in [-0.39, 0.29) is 11.5 Å². The number of nitrogens with zero attached hydrogens (tertiary/aromatic N) is 2. The third-order valence-electron chi connectivity index (χ3n) is 4.67. The fourth-order valence-corrected chi connectivity index (χ4v) is 3.09. The molecule has 4 nitrogen and oxygen atoms in total. The average molecular weight is 434 g/mol. The number of hydrogen-bond donors (Lipinski definition) is 1. The highest BCUT2D eigenvalue weighted by Gasteiger charge is 2.38. The Morgan fingerprint density at radius 3 is 2.23 bits per heavy atom. The van der Waals surface area contributed by atoms with E-state index in [1.165, 1.54) is 6.07 Å².